The summed E-state index contributed by atoms with van der Waals surface area (Å²) in [5, 5.41) is 0. The van der Waals surface area contributed by atoms with E-state index in [1.807, 2.05) is 70.1 Å². The Bertz CT molecular complexity index is 1130. The Morgan fingerprint density at radius 3 is 1.47 bits per heavy atom. The molecule has 0 fully saturated rings. The SMILES string of the molecule is CC(C(=O)C=Cc1ccc(-n2ccnc2)cc1)C(=O)C=Cc1ccc(-n2ccnc2)cc1. The second kappa shape index (κ2) is 9.66. The van der Waals surface area contributed by atoms with Gasteiger partial charge in [0.25, 0.3) is 0 Å². The third-order valence-corrected chi connectivity index (χ3v) is 5.12. The van der Waals surface area contributed by atoms with Gasteiger partial charge in [-0.15, -0.1) is 0 Å². The van der Waals surface area contributed by atoms with Gasteiger partial charge in [-0.3, -0.25) is 9.59 Å². The van der Waals surface area contributed by atoms with Gasteiger partial charge in [-0.25, -0.2) is 9.97 Å². The van der Waals surface area contributed by atoms with Crippen molar-refractivity contribution in [2.24, 2.45) is 5.92 Å². The fourth-order valence-electron chi connectivity index (χ4n) is 3.12. The molecule has 0 aliphatic carbocycles. The van der Waals surface area contributed by atoms with Crippen molar-refractivity contribution in [1.29, 1.82) is 0 Å². The average molecular weight is 422 g/mol. The number of benzene rings is 2. The lowest BCUT2D eigenvalue weighted by Gasteiger charge is -2.04. The molecular weight excluding hydrogens is 400 g/mol. The van der Waals surface area contributed by atoms with E-state index in [9.17, 15) is 9.59 Å². The van der Waals surface area contributed by atoms with Crippen LogP contribution in [0.1, 0.15) is 18.1 Å². The molecule has 0 amide bonds. The zero-order valence-electron chi connectivity index (χ0n) is 17.6. The van der Waals surface area contributed by atoms with E-state index in [1.54, 1.807) is 44.1 Å². The van der Waals surface area contributed by atoms with Crippen LogP contribution in [0.25, 0.3) is 23.5 Å². The highest BCUT2D eigenvalue weighted by atomic mass is 16.1. The third kappa shape index (κ3) is 5.05. The molecule has 2 heterocycles. The number of hydrogen-bond acceptors (Lipinski definition) is 4. The summed E-state index contributed by atoms with van der Waals surface area (Å²) in [6, 6.07) is 15.4. The number of carbonyl (C=O) groups is 2. The number of nitrogens with zero attached hydrogens (tertiary/aromatic N) is 4. The number of carbonyl (C=O) groups excluding carboxylic acids is 2. The summed E-state index contributed by atoms with van der Waals surface area (Å²) in [5.74, 6) is -1.19. The molecule has 4 rings (SSSR count). The Hall–Kier alpha value is -4.32. The first-order valence-corrected chi connectivity index (χ1v) is 10.2. The first-order chi connectivity index (χ1) is 15.6. The van der Waals surface area contributed by atoms with Crippen molar-refractivity contribution in [3.05, 3.63) is 109 Å². The molecule has 0 spiro atoms. The molecule has 0 bridgehead atoms. The maximum absolute atomic E-state index is 12.4. The lowest BCUT2D eigenvalue weighted by molar-refractivity contribution is -0.126. The lowest BCUT2D eigenvalue weighted by atomic mass is 9.99. The van der Waals surface area contributed by atoms with E-state index in [2.05, 4.69) is 9.97 Å². The van der Waals surface area contributed by atoms with Gasteiger partial charge in [0.05, 0.1) is 18.6 Å². The topological polar surface area (TPSA) is 69.8 Å². The predicted octanol–water partition coefficient (Wildman–Crippen LogP) is 4.56. The molecule has 158 valence electrons. The van der Waals surface area contributed by atoms with Crippen molar-refractivity contribution in [2.45, 2.75) is 6.92 Å². The molecular formula is C26H22N4O2. The normalized spacial score (nSPS) is 12.4. The molecule has 0 saturated heterocycles. The molecule has 0 saturated carbocycles. The van der Waals surface area contributed by atoms with Crippen molar-refractivity contribution in [3.8, 4) is 11.4 Å². The predicted molar refractivity (Wildman–Crippen MR) is 124 cm³/mol. The second-order valence-corrected chi connectivity index (χ2v) is 7.32. The van der Waals surface area contributed by atoms with Gasteiger partial charge >= 0.3 is 0 Å². The number of allylic oxidation sites excluding steroid dienone is 2. The Morgan fingerprint density at radius 2 is 1.12 bits per heavy atom. The first kappa shape index (κ1) is 20.9. The van der Waals surface area contributed by atoms with Crippen LogP contribution in [0.3, 0.4) is 0 Å². The molecule has 0 aliphatic rings. The van der Waals surface area contributed by atoms with E-state index in [1.165, 1.54) is 12.2 Å². The summed E-state index contributed by atoms with van der Waals surface area (Å²) in [6.45, 7) is 1.63. The summed E-state index contributed by atoms with van der Waals surface area (Å²) < 4.78 is 3.80. The van der Waals surface area contributed by atoms with E-state index in [-0.39, 0.29) is 11.6 Å². The number of rotatable bonds is 8. The molecule has 32 heavy (non-hydrogen) atoms. The number of aromatic nitrogens is 4. The monoisotopic (exact) mass is 422 g/mol. The Balaban J connectivity index is 1.34. The van der Waals surface area contributed by atoms with Crippen molar-refractivity contribution in [2.75, 3.05) is 0 Å². The van der Waals surface area contributed by atoms with Crippen LogP contribution in [0.5, 0.6) is 0 Å². The summed E-state index contributed by atoms with van der Waals surface area (Å²) >= 11 is 0. The Labute approximate surface area is 186 Å². The van der Waals surface area contributed by atoms with Crippen LogP contribution < -0.4 is 0 Å². The van der Waals surface area contributed by atoms with E-state index in [0.29, 0.717) is 0 Å². The van der Waals surface area contributed by atoms with Gasteiger partial charge in [0.2, 0.25) is 0 Å². The standard InChI is InChI=1S/C26H22N4O2/c1-20(25(31)12-6-21-2-8-23(9-3-21)29-16-14-27-18-29)26(32)13-7-22-4-10-24(11-5-22)30-17-15-28-19-30/h2-20H,1H3. The molecule has 0 radical (unpaired) electrons. The zero-order chi connectivity index (χ0) is 22.3. The van der Waals surface area contributed by atoms with Crippen molar-refractivity contribution in [3.63, 3.8) is 0 Å². The minimum absolute atomic E-state index is 0.228. The number of hydrogen-bond donors (Lipinski definition) is 0. The minimum Gasteiger partial charge on any atom is -0.306 e. The van der Waals surface area contributed by atoms with Crippen LogP contribution >= 0.6 is 0 Å². The highest BCUT2D eigenvalue weighted by Crippen LogP contribution is 2.13. The van der Waals surface area contributed by atoms with Crippen molar-refractivity contribution < 1.29 is 9.59 Å². The Kier molecular flexibility index (Phi) is 6.32. The van der Waals surface area contributed by atoms with Crippen LogP contribution in [0.4, 0.5) is 0 Å². The fraction of sp³-hybridized carbons (Fsp3) is 0.0769. The highest BCUT2D eigenvalue weighted by Gasteiger charge is 2.16. The van der Waals surface area contributed by atoms with Crippen LogP contribution in [-0.2, 0) is 9.59 Å². The van der Waals surface area contributed by atoms with Gasteiger partial charge in [0.1, 0.15) is 0 Å². The van der Waals surface area contributed by atoms with Crippen LogP contribution in [0.15, 0.2) is 98.1 Å². The van der Waals surface area contributed by atoms with Gasteiger partial charge in [-0.1, -0.05) is 36.4 Å². The summed E-state index contributed by atoms with van der Waals surface area (Å²) in [4.78, 5) is 32.9. The third-order valence-electron chi connectivity index (χ3n) is 5.12. The lowest BCUT2D eigenvalue weighted by Crippen LogP contribution is -2.17. The molecule has 2 aromatic heterocycles. The molecule has 0 N–H and O–H groups in total. The average Bonchev–Trinajstić information content (AvgIpc) is 3.56. The molecule has 6 heteroatoms. The van der Waals surface area contributed by atoms with Crippen LogP contribution in [-0.4, -0.2) is 30.7 Å². The van der Waals surface area contributed by atoms with Crippen LogP contribution in [0.2, 0.25) is 0 Å². The van der Waals surface area contributed by atoms with Gasteiger partial charge in [0, 0.05) is 36.2 Å². The molecule has 0 unspecified atom stereocenters. The molecule has 2 aromatic carbocycles. The highest BCUT2D eigenvalue weighted by molar-refractivity contribution is 6.13. The summed E-state index contributed by atoms with van der Waals surface area (Å²) in [7, 11) is 0. The van der Waals surface area contributed by atoms with Crippen LogP contribution in [0, 0.1) is 5.92 Å². The number of imidazole rings is 2. The molecule has 0 atom stereocenters. The van der Waals surface area contributed by atoms with Gasteiger partial charge < -0.3 is 9.13 Å². The smallest absolute Gasteiger partial charge is 0.166 e. The summed E-state index contributed by atoms with van der Waals surface area (Å²) in [5.41, 5.74) is 3.74. The van der Waals surface area contributed by atoms with Gasteiger partial charge in [-0.2, -0.15) is 0 Å². The van der Waals surface area contributed by atoms with Crippen molar-refractivity contribution in [1.82, 2.24) is 19.1 Å². The quantitative estimate of drug-likeness (QED) is 0.308. The number of ketones is 2. The zero-order valence-corrected chi connectivity index (χ0v) is 17.6. The van der Waals surface area contributed by atoms with Gasteiger partial charge in [-0.05, 0) is 54.5 Å². The maximum atomic E-state index is 12.4. The first-order valence-electron chi connectivity index (χ1n) is 10.2. The molecule has 4 aromatic rings. The Morgan fingerprint density at radius 1 is 0.719 bits per heavy atom. The van der Waals surface area contributed by atoms with Gasteiger partial charge in [0.15, 0.2) is 11.6 Å². The maximum Gasteiger partial charge on any atom is 0.166 e. The summed E-state index contributed by atoms with van der Waals surface area (Å²) in [6.07, 6.45) is 17.0. The van der Waals surface area contributed by atoms with E-state index >= 15 is 0 Å². The fourth-order valence-corrected chi connectivity index (χ4v) is 3.12. The minimum atomic E-state index is -0.738. The van der Waals surface area contributed by atoms with Crippen molar-refractivity contribution >= 4 is 23.7 Å². The van der Waals surface area contributed by atoms with E-state index in [0.717, 1.165) is 22.5 Å². The second-order valence-electron chi connectivity index (χ2n) is 7.32. The largest absolute Gasteiger partial charge is 0.306 e. The molecule has 6 nitrogen and oxygen atoms in total. The van der Waals surface area contributed by atoms with E-state index in [4.69, 9.17) is 0 Å². The molecule has 0 aliphatic heterocycles. The van der Waals surface area contributed by atoms with E-state index < -0.39 is 5.92 Å².